The summed E-state index contributed by atoms with van der Waals surface area (Å²) in [5.74, 6) is 1.46. The minimum absolute atomic E-state index is 0.0761. The van der Waals surface area contributed by atoms with E-state index in [-0.39, 0.29) is 30.4 Å². The number of fused-ring (bicyclic) bond motifs is 1. The van der Waals surface area contributed by atoms with Crippen LogP contribution in [0.5, 0.6) is 5.75 Å². The molecule has 5 rings (SSSR count). The Morgan fingerprint density at radius 1 is 1.03 bits per heavy atom. The second-order valence-corrected chi connectivity index (χ2v) is 10.5. The molecule has 0 spiro atoms. The normalized spacial score (nSPS) is 17.4. The van der Waals surface area contributed by atoms with Crippen LogP contribution in [0.4, 0.5) is 0 Å². The SMILES string of the molecule is CC(C)C(=O)N1CCc2ccc(OCc3ccc(C(=O)NCCN4CCCC4)o3)cc2[C@@H]1c1ccccc1. The Morgan fingerprint density at radius 3 is 2.58 bits per heavy atom. The summed E-state index contributed by atoms with van der Waals surface area (Å²) in [5.41, 5.74) is 3.40. The van der Waals surface area contributed by atoms with E-state index in [1.54, 1.807) is 12.1 Å². The van der Waals surface area contributed by atoms with Gasteiger partial charge in [-0.1, -0.05) is 50.2 Å². The lowest BCUT2D eigenvalue weighted by molar-refractivity contribution is -0.136. The van der Waals surface area contributed by atoms with Crippen molar-refractivity contribution in [1.82, 2.24) is 15.1 Å². The molecule has 3 heterocycles. The first-order chi connectivity index (χ1) is 18.5. The maximum absolute atomic E-state index is 13.1. The molecule has 1 fully saturated rings. The number of ether oxygens (including phenoxy) is 1. The zero-order valence-electron chi connectivity index (χ0n) is 22.3. The number of benzene rings is 2. The maximum Gasteiger partial charge on any atom is 0.287 e. The molecule has 0 aliphatic carbocycles. The summed E-state index contributed by atoms with van der Waals surface area (Å²) in [5, 5.41) is 2.94. The van der Waals surface area contributed by atoms with Crippen molar-refractivity contribution in [3.05, 3.63) is 88.9 Å². The molecule has 2 aliphatic rings. The van der Waals surface area contributed by atoms with Crippen molar-refractivity contribution in [2.45, 2.75) is 45.8 Å². The number of hydrogen-bond donors (Lipinski definition) is 1. The predicted molar refractivity (Wildman–Crippen MR) is 146 cm³/mol. The number of nitrogens with one attached hydrogen (secondary N) is 1. The van der Waals surface area contributed by atoms with Gasteiger partial charge in [-0.2, -0.15) is 0 Å². The van der Waals surface area contributed by atoms with E-state index in [0.29, 0.717) is 30.4 Å². The molecule has 1 aromatic heterocycles. The fraction of sp³-hybridized carbons (Fsp3) is 0.419. The third-order valence-corrected chi connectivity index (χ3v) is 7.42. The molecule has 1 atom stereocenters. The largest absolute Gasteiger partial charge is 0.486 e. The van der Waals surface area contributed by atoms with Gasteiger partial charge in [0.15, 0.2) is 5.76 Å². The van der Waals surface area contributed by atoms with Crippen molar-refractivity contribution < 1.29 is 18.7 Å². The van der Waals surface area contributed by atoms with Crippen LogP contribution in [0.15, 0.2) is 65.1 Å². The molecule has 7 heteroatoms. The van der Waals surface area contributed by atoms with Crippen LogP contribution in [-0.2, 0) is 17.8 Å². The van der Waals surface area contributed by atoms with E-state index in [2.05, 4.69) is 28.4 Å². The Bertz CT molecular complexity index is 1250. The summed E-state index contributed by atoms with van der Waals surface area (Å²) < 4.78 is 11.9. The van der Waals surface area contributed by atoms with E-state index in [0.717, 1.165) is 37.2 Å². The third-order valence-electron chi connectivity index (χ3n) is 7.42. The molecular weight excluding hydrogens is 478 g/mol. The smallest absolute Gasteiger partial charge is 0.287 e. The number of amides is 2. The fourth-order valence-electron chi connectivity index (χ4n) is 5.40. The average molecular weight is 516 g/mol. The van der Waals surface area contributed by atoms with E-state index < -0.39 is 0 Å². The lowest BCUT2D eigenvalue weighted by Crippen LogP contribution is -2.42. The van der Waals surface area contributed by atoms with Gasteiger partial charge < -0.3 is 24.3 Å². The number of hydrogen-bond acceptors (Lipinski definition) is 5. The Morgan fingerprint density at radius 2 is 1.82 bits per heavy atom. The minimum atomic E-state index is -0.204. The molecular formula is C31H37N3O4. The van der Waals surface area contributed by atoms with Crippen molar-refractivity contribution >= 4 is 11.8 Å². The highest BCUT2D eigenvalue weighted by molar-refractivity contribution is 5.91. The molecule has 0 bridgehead atoms. The van der Waals surface area contributed by atoms with Crippen LogP contribution in [0, 0.1) is 5.92 Å². The second kappa shape index (κ2) is 11.9. The first kappa shape index (κ1) is 26.0. The Balaban J connectivity index is 1.26. The van der Waals surface area contributed by atoms with Crippen LogP contribution in [0.1, 0.15) is 65.7 Å². The van der Waals surface area contributed by atoms with Gasteiger partial charge in [0.25, 0.3) is 5.91 Å². The van der Waals surface area contributed by atoms with Gasteiger partial charge in [-0.05, 0) is 73.3 Å². The number of furan rings is 1. The number of rotatable bonds is 9. The molecule has 2 aromatic carbocycles. The minimum Gasteiger partial charge on any atom is -0.486 e. The van der Waals surface area contributed by atoms with Gasteiger partial charge >= 0.3 is 0 Å². The molecule has 2 amide bonds. The van der Waals surface area contributed by atoms with Gasteiger partial charge in [0.1, 0.15) is 18.1 Å². The molecule has 1 N–H and O–H groups in total. The molecule has 0 unspecified atom stereocenters. The quantitative estimate of drug-likeness (QED) is 0.443. The van der Waals surface area contributed by atoms with E-state index in [1.807, 2.05) is 49.1 Å². The summed E-state index contributed by atoms with van der Waals surface area (Å²) in [7, 11) is 0. The third kappa shape index (κ3) is 5.94. The lowest BCUT2D eigenvalue weighted by atomic mass is 9.87. The van der Waals surface area contributed by atoms with Gasteiger partial charge in [-0.25, -0.2) is 0 Å². The zero-order valence-corrected chi connectivity index (χ0v) is 22.3. The Labute approximate surface area is 224 Å². The van der Waals surface area contributed by atoms with E-state index in [9.17, 15) is 9.59 Å². The van der Waals surface area contributed by atoms with Crippen molar-refractivity contribution in [3.63, 3.8) is 0 Å². The Hall–Kier alpha value is -3.58. The highest BCUT2D eigenvalue weighted by Crippen LogP contribution is 2.38. The average Bonchev–Trinajstić information content (AvgIpc) is 3.64. The summed E-state index contributed by atoms with van der Waals surface area (Å²) >= 11 is 0. The van der Waals surface area contributed by atoms with Crippen molar-refractivity contribution in [1.29, 1.82) is 0 Å². The van der Waals surface area contributed by atoms with Crippen LogP contribution in [0.2, 0.25) is 0 Å². The number of nitrogens with zero attached hydrogens (tertiary/aromatic N) is 2. The van der Waals surface area contributed by atoms with Crippen LogP contribution >= 0.6 is 0 Å². The summed E-state index contributed by atoms with van der Waals surface area (Å²) in [6, 6.07) is 19.6. The van der Waals surface area contributed by atoms with E-state index >= 15 is 0 Å². The highest BCUT2D eigenvalue weighted by atomic mass is 16.5. The van der Waals surface area contributed by atoms with Crippen molar-refractivity contribution in [2.75, 3.05) is 32.7 Å². The molecule has 0 radical (unpaired) electrons. The maximum atomic E-state index is 13.1. The topological polar surface area (TPSA) is 75.0 Å². The molecule has 7 nitrogen and oxygen atoms in total. The molecule has 0 saturated carbocycles. The monoisotopic (exact) mass is 515 g/mol. The standard InChI is InChI=1S/C31H37N3O4/c1-22(2)31(36)34-18-14-23-10-11-25(20-27(23)29(34)24-8-4-3-5-9-24)37-21-26-12-13-28(38-26)30(35)32-15-19-33-16-6-7-17-33/h3-5,8-13,20,22,29H,6-7,14-19,21H2,1-2H3,(H,32,35)/t29-/m0/s1. The molecule has 2 aliphatic heterocycles. The van der Waals surface area contributed by atoms with Gasteiger partial charge in [0, 0.05) is 25.6 Å². The van der Waals surface area contributed by atoms with Gasteiger partial charge in [0.2, 0.25) is 5.91 Å². The number of likely N-dealkylation sites (tertiary alicyclic amines) is 1. The van der Waals surface area contributed by atoms with Crippen LogP contribution < -0.4 is 10.1 Å². The predicted octanol–water partition coefficient (Wildman–Crippen LogP) is 4.81. The second-order valence-electron chi connectivity index (χ2n) is 10.5. The van der Waals surface area contributed by atoms with Crippen LogP contribution in [0.3, 0.4) is 0 Å². The van der Waals surface area contributed by atoms with Crippen LogP contribution in [0.25, 0.3) is 0 Å². The van der Waals surface area contributed by atoms with Crippen molar-refractivity contribution in [2.24, 2.45) is 5.92 Å². The highest BCUT2D eigenvalue weighted by Gasteiger charge is 2.33. The molecule has 1 saturated heterocycles. The number of carbonyl (C=O) groups excluding carboxylic acids is 2. The molecule has 200 valence electrons. The van der Waals surface area contributed by atoms with Gasteiger partial charge in [-0.15, -0.1) is 0 Å². The van der Waals surface area contributed by atoms with Crippen molar-refractivity contribution in [3.8, 4) is 5.75 Å². The Kier molecular flexibility index (Phi) is 8.13. The molecule has 38 heavy (non-hydrogen) atoms. The van der Waals surface area contributed by atoms with Crippen LogP contribution in [-0.4, -0.2) is 54.3 Å². The molecule has 3 aromatic rings. The first-order valence-corrected chi connectivity index (χ1v) is 13.7. The summed E-state index contributed by atoms with van der Waals surface area (Å²) in [6.45, 7) is 8.50. The number of carbonyl (C=O) groups is 2. The fourth-order valence-corrected chi connectivity index (χ4v) is 5.40. The van der Waals surface area contributed by atoms with Gasteiger partial charge in [-0.3, -0.25) is 9.59 Å². The summed E-state index contributed by atoms with van der Waals surface area (Å²) in [6.07, 6.45) is 3.29. The van der Waals surface area contributed by atoms with E-state index in [4.69, 9.17) is 9.15 Å². The zero-order chi connectivity index (χ0) is 26.5. The lowest BCUT2D eigenvalue weighted by Gasteiger charge is -2.39. The van der Waals surface area contributed by atoms with Gasteiger partial charge in [0.05, 0.1) is 6.04 Å². The first-order valence-electron chi connectivity index (χ1n) is 13.7. The summed E-state index contributed by atoms with van der Waals surface area (Å²) in [4.78, 5) is 30.0. The van der Waals surface area contributed by atoms with E-state index in [1.165, 1.54) is 18.4 Å².